The Morgan fingerprint density at radius 2 is 1.88 bits per heavy atom. The average molecular weight is 236 g/mol. The van der Waals surface area contributed by atoms with Crippen LogP contribution in [0.3, 0.4) is 0 Å². The molecule has 0 spiro atoms. The van der Waals surface area contributed by atoms with Crippen molar-refractivity contribution in [2.75, 3.05) is 23.4 Å². The fourth-order valence-electron chi connectivity index (χ4n) is 1.76. The molecular formula is C13H24N4. The number of nitrogen functional groups attached to an aromatic ring is 1. The van der Waals surface area contributed by atoms with Gasteiger partial charge in [0, 0.05) is 31.0 Å². The summed E-state index contributed by atoms with van der Waals surface area (Å²) in [5, 5.41) is 0. The van der Waals surface area contributed by atoms with Crippen LogP contribution in [-0.2, 0) is 0 Å². The number of anilines is 2. The van der Waals surface area contributed by atoms with E-state index >= 15 is 0 Å². The molecule has 0 amide bonds. The first-order valence-corrected chi connectivity index (χ1v) is 6.49. The van der Waals surface area contributed by atoms with E-state index in [0.29, 0.717) is 0 Å². The minimum absolute atomic E-state index is 0.723. The van der Waals surface area contributed by atoms with Gasteiger partial charge in [0.05, 0.1) is 0 Å². The number of rotatable bonds is 8. The monoisotopic (exact) mass is 236 g/mol. The van der Waals surface area contributed by atoms with E-state index in [9.17, 15) is 0 Å². The number of unbranched alkanes of at least 4 members (excludes halogenated alkanes) is 2. The Hall–Kier alpha value is -1.29. The number of nitrogens with zero attached hydrogens (tertiary/aromatic N) is 2. The third-order valence-corrected chi connectivity index (χ3v) is 2.82. The summed E-state index contributed by atoms with van der Waals surface area (Å²) in [4.78, 5) is 6.55. The number of aromatic nitrogens is 1. The lowest BCUT2D eigenvalue weighted by Gasteiger charge is -2.24. The number of pyridine rings is 1. The van der Waals surface area contributed by atoms with Gasteiger partial charge in [-0.3, -0.25) is 0 Å². The molecule has 1 rings (SSSR count). The van der Waals surface area contributed by atoms with E-state index in [1.54, 1.807) is 6.20 Å². The summed E-state index contributed by atoms with van der Waals surface area (Å²) in [5.41, 5.74) is 3.80. The largest absolute Gasteiger partial charge is 0.371 e. The summed E-state index contributed by atoms with van der Waals surface area (Å²) in [6.07, 6.45) is 6.68. The Balaban J connectivity index is 2.71. The van der Waals surface area contributed by atoms with Gasteiger partial charge in [0.15, 0.2) is 0 Å². The molecule has 96 valence electrons. The molecule has 0 aliphatic carbocycles. The van der Waals surface area contributed by atoms with Gasteiger partial charge in [-0.1, -0.05) is 26.7 Å². The van der Waals surface area contributed by atoms with E-state index in [2.05, 4.69) is 29.2 Å². The van der Waals surface area contributed by atoms with Crippen LogP contribution in [0.4, 0.5) is 11.5 Å². The maximum Gasteiger partial charge on any atom is 0.141 e. The molecule has 0 atom stereocenters. The maximum atomic E-state index is 5.39. The van der Waals surface area contributed by atoms with E-state index in [0.717, 1.165) is 18.9 Å². The van der Waals surface area contributed by atoms with Crippen LogP contribution >= 0.6 is 0 Å². The SMILES string of the molecule is CCCCN(CCCC)c1ccnc(NN)c1. The zero-order chi connectivity index (χ0) is 12.5. The summed E-state index contributed by atoms with van der Waals surface area (Å²) in [6, 6.07) is 4.05. The molecule has 0 aromatic carbocycles. The lowest BCUT2D eigenvalue weighted by Crippen LogP contribution is -2.25. The Morgan fingerprint density at radius 3 is 2.41 bits per heavy atom. The number of nitrogens with two attached hydrogens (primary N) is 1. The zero-order valence-corrected chi connectivity index (χ0v) is 10.9. The summed E-state index contributed by atoms with van der Waals surface area (Å²) >= 11 is 0. The highest BCUT2D eigenvalue weighted by Crippen LogP contribution is 2.18. The maximum absolute atomic E-state index is 5.39. The fraction of sp³-hybridized carbons (Fsp3) is 0.615. The van der Waals surface area contributed by atoms with Crippen LogP contribution in [0.15, 0.2) is 18.3 Å². The van der Waals surface area contributed by atoms with Gasteiger partial charge in [-0.05, 0) is 18.9 Å². The van der Waals surface area contributed by atoms with Crippen molar-refractivity contribution in [2.24, 2.45) is 5.84 Å². The number of hydrogen-bond donors (Lipinski definition) is 2. The fourth-order valence-corrected chi connectivity index (χ4v) is 1.76. The topological polar surface area (TPSA) is 54.2 Å². The van der Waals surface area contributed by atoms with Crippen molar-refractivity contribution in [3.05, 3.63) is 18.3 Å². The predicted molar refractivity (Wildman–Crippen MR) is 74.1 cm³/mol. The summed E-state index contributed by atoms with van der Waals surface area (Å²) in [6.45, 7) is 6.64. The van der Waals surface area contributed by atoms with Crippen molar-refractivity contribution < 1.29 is 0 Å². The molecule has 0 fully saturated rings. The second-order valence-electron chi connectivity index (χ2n) is 4.24. The molecule has 0 saturated heterocycles. The first kappa shape index (κ1) is 13.8. The van der Waals surface area contributed by atoms with Crippen LogP contribution in [0.1, 0.15) is 39.5 Å². The Bertz CT molecular complexity index is 306. The Labute approximate surface area is 104 Å². The number of nitrogens with one attached hydrogen (secondary N) is 1. The summed E-state index contributed by atoms with van der Waals surface area (Å²) in [5.74, 6) is 6.11. The van der Waals surface area contributed by atoms with Gasteiger partial charge in [0.1, 0.15) is 5.82 Å². The average Bonchev–Trinajstić information content (AvgIpc) is 2.39. The van der Waals surface area contributed by atoms with Gasteiger partial charge in [-0.2, -0.15) is 0 Å². The molecule has 1 aromatic heterocycles. The highest BCUT2D eigenvalue weighted by molar-refractivity contribution is 5.53. The Kier molecular flexibility index (Phi) is 6.40. The molecule has 4 nitrogen and oxygen atoms in total. The van der Waals surface area contributed by atoms with E-state index in [1.807, 2.05) is 12.1 Å². The minimum atomic E-state index is 0.723. The molecule has 4 heteroatoms. The van der Waals surface area contributed by atoms with Gasteiger partial charge in [0.2, 0.25) is 0 Å². The first-order valence-electron chi connectivity index (χ1n) is 6.49. The summed E-state index contributed by atoms with van der Waals surface area (Å²) < 4.78 is 0. The summed E-state index contributed by atoms with van der Waals surface area (Å²) in [7, 11) is 0. The molecular weight excluding hydrogens is 212 g/mol. The van der Waals surface area contributed by atoms with Gasteiger partial charge in [-0.15, -0.1) is 0 Å². The molecule has 0 bridgehead atoms. The predicted octanol–water partition coefficient (Wildman–Crippen LogP) is 2.77. The van der Waals surface area contributed by atoms with Crippen molar-refractivity contribution in [2.45, 2.75) is 39.5 Å². The quantitative estimate of drug-likeness (QED) is 0.538. The number of hydrazine groups is 1. The highest BCUT2D eigenvalue weighted by atomic mass is 15.2. The molecule has 1 heterocycles. The molecule has 0 aliphatic heterocycles. The second-order valence-corrected chi connectivity index (χ2v) is 4.24. The van der Waals surface area contributed by atoms with Crippen molar-refractivity contribution in [3.63, 3.8) is 0 Å². The van der Waals surface area contributed by atoms with Crippen molar-refractivity contribution in [1.29, 1.82) is 0 Å². The van der Waals surface area contributed by atoms with Crippen molar-refractivity contribution in [3.8, 4) is 0 Å². The molecule has 0 aliphatic rings. The molecule has 0 radical (unpaired) electrons. The van der Waals surface area contributed by atoms with E-state index in [-0.39, 0.29) is 0 Å². The number of hydrogen-bond acceptors (Lipinski definition) is 4. The highest BCUT2D eigenvalue weighted by Gasteiger charge is 2.06. The third kappa shape index (κ3) is 4.61. The van der Waals surface area contributed by atoms with Crippen molar-refractivity contribution >= 4 is 11.5 Å². The van der Waals surface area contributed by atoms with Crippen LogP contribution in [0.2, 0.25) is 0 Å². The minimum Gasteiger partial charge on any atom is -0.371 e. The van der Waals surface area contributed by atoms with E-state index in [1.165, 1.54) is 31.4 Å². The van der Waals surface area contributed by atoms with Crippen LogP contribution in [0, 0.1) is 0 Å². The van der Waals surface area contributed by atoms with E-state index < -0.39 is 0 Å². The van der Waals surface area contributed by atoms with Gasteiger partial charge in [0.25, 0.3) is 0 Å². The van der Waals surface area contributed by atoms with Gasteiger partial charge < -0.3 is 10.3 Å². The smallest absolute Gasteiger partial charge is 0.141 e. The third-order valence-electron chi connectivity index (χ3n) is 2.82. The molecule has 0 unspecified atom stereocenters. The first-order chi connectivity index (χ1) is 8.31. The normalized spacial score (nSPS) is 10.3. The standard InChI is InChI=1S/C13H24N4/c1-3-5-9-17(10-6-4-2)12-7-8-15-13(11-12)16-14/h7-8,11H,3-6,9-10,14H2,1-2H3,(H,15,16). The van der Waals surface area contributed by atoms with Gasteiger partial charge >= 0.3 is 0 Å². The molecule has 1 aromatic rings. The Morgan fingerprint density at radius 1 is 1.24 bits per heavy atom. The van der Waals surface area contributed by atoms with Crippen LogP contribution in [0.25, 0.3) is 0 Å². The van der Waals surface area contributed by atoms with Crippen LogP contribution in [0.5, 0.6) is 0 Å². The second kappa shape index (κ2) is 7.90. The van der Waals surface area contributed by atoms with Crippen molar-refractivity contribution in [1.82, 2.24) is 4.98 Å². The zero-order valence-electron chi connectivity index (χ0n) is 10.9. The van der Waals surface area contributed by atoms with E-state index in [4.69, 9.17) is 5.84 Å². The lowest BCUT2D eigenvalue weighted by molar-refractivity contribution is 0.678. The molecule has 3 N–H and O–H groups in total. The van der Waals surface area contributed by atoms with Gasteiger partial charge in [-0.25, -0.2) is 10.8 Å². The van der Waals surface area contributed by atoms with Crippen LogP contribution < -0.4 is 16.2 Å². The van der Waals surface area contributed by atoms with Crippen LogP contribution in [-0.4, -0.2) is 18.1 Å². The lowest BCUT2D eigenvalue weighted by atomic mass is 10.2. The molecule has 17 heavy (non-hydrogen) atoms. The molecule has 0 saturated carbocycles.